The molecule has 0 saturated carbocycles. The van der Waals surface area contributed by atoms with Gasteiger partial charge in [-0.2, -0.15) is 0 Å². The van der Waals surface area contributed by atoms with Crippen LogP contribution in [-0.2, 0) is 17.8 Å². The monoisotopic (exact) mass is 414 g/mol. The first kappa shape index (κ1) is 21.1. The average Bonchev–Trinajstić information content (AvgIpc) is 2.70. The Morgan fingerprint density at radius 1 is 1.14 bits per heavy atom. The second-order valence-electron chi connectivity index (χ2n) is 7.89. The number of aryl methyl sites for hydroxylation is 1. The van der Waals surface area contributed by atoms with Crippen LogP contribution in [0.3, 0.4) is 0 Å². The molecule has 0 aliphatic carbocycles. The zero-order valence-corrected chi connectivity index (χ0v) is 17.8. The van der Waals surface area contributed by atoms with Crippen molar-refractivity contribution in [2.24, 2.45) is 0 Å². The first-order valence-electron chi connectivity index (χ1n) is 9.69. The molecule has 0 radical (unpaired) electrons. The van der Waals surface area contributed by atoms with Gasteiger partial charge in [0.25, 0.3) is 0 Å². The van der Waals surface area contributed by atoms with Crippen LogP contribution in [0.25, 0.3) is 0 Å². The molecule has 3 rings (SSSR count). The summed E-state index contributed by atoms with van der Waals surface area (Å²) in [6.45, 7) is 5.02. The summed E-state index contributed by atoms with van der Waals surface area (Å²) in [5.41, 5.74) is 3.48. The fourth-order valence-corrected chi connectivity index (χ4v) is 3.27. The summed E-state index contributed by atoms with van der Waals surface area (Å²) in [6, 6.07) is 12.9. The van der Waals surface area contributed by atoms with Gasteiger partial charge in [0, 0.05) is 34.9 Å². The number of fused-ring (bicyclic) bond motifs is 1. The van der Waals surface area contributed by atoms with E-state index in [0.717, 1.165) is 16.8 Å². The van der Waals surface area contributed by atoms with E-state index in [-0.39, 0.29) is 17.5 Å². The highest BCUT2D eigenvalue weighted by molar-refractivity contribution is 6.30. The average molecular weight is 415 g/mol. The molecule has 29 heavy (non-hydrogen) atoms. The van der Waals surface area contributed by atoms with Crippen LogP contribution in [0.1, 0.15) is 31.4 Å². The second-order valence-corrected chi connectivity index (χ2v) is 8.33. The third-order valence-corrected chi connectivity index (χ3v) is 5.41. The Hall–Kier alpha value is -2.57. The van der Waals surface area contributed by atoms with Crippen molar-refractivity contribution in [3.63, 3.8) is 0 Å². The number of benzene rings is 2. The summed E-state index contributed by atoms with van der Waals surface area (Å²) < 4.78 is 0. The fraction of sp³-hybridized carbons (Fsp3) is 0.364. The zero-order valence-electron chi connectivity index (χ0n) is 17.0. The summed E-state index contributed by atoms with van der Waals surface area (Å²) in [5.74, 6) is 0.0974. The van der Waals surface area contributed by atoms with Crippen LogP contribution < -0.4 is 20.9 Å². The van der Waals surface area contributed by atoms with E-state index >= 15 is 0 Å². The van der Waals surface area contributed by atoms with Gasteiger partial charge in [-0.3, -0.25) is 4.79 Å². The van der Waals surface area contributed by atoms with Crippen molar-refractivity contribution < 1.29 is 9.59 Å². The topological polar surface area (TPSA) is 73.5 Å². The number of rotatable bonds is 6. The van der Waals surface area contributed by atoms with Gasteiger partial charge in [-0.25, -0.2) is 4.79 Å². The van der Waals surface area contributed by atoms with E-state index in [1.807, 2.05) is 63.4 Å². The molecule has 6 nitrogen and oxygen atoms in total. The molecule has 7 heteroatoms. The van der Waals surface area contributed by atoms with Gasteiger partial charge in [-0.05, 0) is 68.8 Å². The van der Waals surface area contributed by atoms with Gasteiger partial charge < -0.3 is 20.9 Å². The number of nitrogens with zero attached hydrogens (tertiary/aromatic N) is 1. The highest BCUT2D eigenvalue weighted by atomic mass is 35.5. The van der Waals surface area contributed by atoms with E-state index in [1.165, 1.54) is 0 Å². The largest absolute Gasteiger partial charge is 0.336 e. The maximum Gasteiger partial charge on any atom is 0.319 e. The van der Waals surface area contributed by atoms with Gasteiger partial charge in [0.05, 0.1) is 6.54 Å². The van der Waals surface area contributed by atoms with Gasteiger partial charge in [-0.1, -0.05) is 23.7 Å². The third kappa shape index (κ3) is 5.49. The van der Waals surface area contributed by atoms with Gasteiger partial charge in [-0.15, -0.1) is 0 Å². The van der Waals surface area contributed by atoms with Crippen LogP contribution in [0, 0.1) is 0 Å². The Morgan fingerprint density at radius 2 is 1.86 bits per heavy atom. The first-order chi connectivity index (χ1) is 13.8. The predicted molar refractivity (Wildman–Crippen MR) is 118 cm³/mol. The molecule has 2 aromatic carbocycles. The number of hydrogen-bond donors (Lipinski definition) is 3. The lowest BCUT2D eigenvalue weighted by atomic mass is 9.99. The van der Waals surface area contributed by atoms with E-state index in [1.54, 1.807) is 4.90 Å². The van der Waals surface area contributed by atoms with Crippen LogP contribution in [0.2, 0.25) is 5.02 Å². The summed E-state index contributed by atoms with van der Waals surface area (Å²) in [5, 5.41) is 9.56. The minimum Gasteiger partial charge on any atom is -0.336 e. The molecule has 1 aliphatic heterocycles. The van der Waals surface area contributed by atoms with Gasteiger partial charge >= 0.3 is 6.03 Å². The van der Waals surface area contributed by atoms with Gasteiger partial charge in [0.15, 0.2) is 0 Å². The molecule has 0 aromatic heterocycles. The molecule has 1 aliphatic rings. The second kappa shape index (κ2) is 8.84. The van der Waals surface area contributed by atoms with Crippen molar-refractivity contribution >= 4 is 34.9 Å². The Kier molecular flexibility index (Phi) is 6.45. The lowest BCUT2D eigenvalue weighted by Crippen LogP contribution is -2.48. The molecule has 154 valence electrons. The standard InChI is InChI=1S/C22H27ClN4O2/c1-22(2,24-3)14-25-21(29)26-18-9-10-19-16(12-18)6-11-20(28)27(19)13-15-4-7-17(23)8-5-15/h4-5,7-10,12,24H,6,11,13-14H2,1-3H3,(H2,25,26,29). The minimum atomic E-state index is -0.252. The molecule has 0 fully saturated rings. The normalized spacial score (nSPS) is 13.8. The highest BCUT2D eigenvalue weighted by Crippen LogP contribution is 2.31. The number of likely N-dealkylation sites (N-methyl/N-ethyl adjacent to an activating group) is 1. The summed E-state index contributed by atoms with van der Waals surface area (Å²) >= 11 is 5.95. The van der Waals surface area contributed by atoms with Crippen molar-refractivity contribution in [1.29, 1.82) is 0 Å². The molecular formula is C22H27ClN4O2. The molecule has 3 amide bonds. The number of nitrogens with one attached hydrogen (secondary N) is 3. The van der Waals surface area contributed by atoms with E-state index < -0.39 is 0 Å². The molecule has 0 saturated heterocycles. The SMILES string of the molecule is CNC(C)(C)CNC(=O)Nc1ccc2c(c1)CCC(=O)N2Cc1ccc(Cl)cc1. The molecule has 0 bridgehead atoms. The Balaban J connectivity index is 1.70. The lowest BCUT2D eigenvalue weighted by molar-refractivity contribution is -0.119. The summed E-state index contributed by atoms with van der Waals surface area (Å²) in [6.07, 6.45) is 1.11. The van der Waals surface area contributed by atoms with Crippen molar-refractivity contribution in [3.8, 4) is 0 Å². The molecule has 0 atom stereocenters. The maximum absolute atomic E-state index is 12.5. The van der Waals surface area contributed by atoms with E-state index in [9.17, 15) is 9.59 Å². The summed E-state index contributed by atoms with van der Waals surface area (Å²) in [7, 11) is 1.86. The summed E-state index contributed by atoms with van der Waals surface area (Å²) in [4.78, 5) is 26.5. The van der Waals surface area contributed by atoms with Gasteiger partial charge in [0.1, 0.15) is 0 Å². The van der Waals surface area contributed by atoms with Crippen molar-refractivity contribution in [1.82, 2.24) is 10.6 Å². The molecule has 2 aromatic rings. The van der Waals surface area contributed by atoms with Crippen LogP contribution in [-0.4, -0.2) is 31.1 Å². The van der Waals surface area contributed by atoms with Crippen molar-refractivity contribution in [2.45, 2.75) is 38.8 Å². The van der Waals surface area contributed by atoms with E-state index in [4.69, 9.17) is 11.6 Å². The minimum absolute atomic E-state index is 0.0974. The number of carbonyl (C=O) groups excluding carboxylic acids is 2. The number of urea groups is 1. The number of halogens is 1. The molecular weight excluding hydrogens is 388 g/mol. The smallest absolute Gasteiger partial charge is 0.319 e. The van der Waals surface area contributed by atoms with Crippen LogP contribution in [0.5, 0.6) is 0 Å². The maximum atomic E-state index is 12.5. The molecule has 3 N–H and O–H groups in total. The molecule has 0 spiro atoms. The molecule has 1 heterocycles. The highest BCUT2D eigenvalue weighted by Gasteiger charge is 2.24. The number of amides is 3. The van der Waals surface area contributed by atoms with Crippen molar-refractivity contribution in [3.05, 3.63) is 58.6 Å². The zero-order chi connectivity index (χ0) is 21.0. The van der Waals surface area contributed by atoms with Crippen molar-refractivity contribution in [2.75, 3.05) is 23.8 Å². The van der Waals surface area contributed by atoms with Crippen LogP contribution in [0.4, 0.5) is 16.2 Å². The Labute approximate surface area is 176 Å². The van der Waals surface area contributed by atoms with E-state index in [0.29, 0.717) is 36.6 Å². The number of carbonyl (C=O) groups is 2. The Bertz CT molecular complexity index is 896. The molecule has 0 unspecified atom stereocenters. The number of anilines is 2. The lowest BCUT2D eigenvalue weighted by Gasteiger charge is -2.30. The van der Waals surface area contributed by atoms with Gasteiger partial charge in [0.2, 0.25) is 5.91 Å². The van der Waals surface area contributed by atoms with E-state index in [2.05, 4.69) is 16.0 Å². The quantitative estimate of drug-likeness (QED) is 0.670. The number of hydrogen-bond acceptors (Lipinski definition) is 3. The third-order valence-electron chi connectivity index (χ3n) is 5.16. The van der Waals surface area contributed by atoms with Crippen LogP contribution >= 0.6 is 11.6 Å². The Morgan fingerprint density at radius 3 is 2.55 bits per heavy atom. The predicted octanol–water partition coefficient (Wildman–Crippen LogP) is 3.94. The first-order valence-corrected chi connectivity index (χ1v) is 10.1. The fourth-order valence-electron chi connectivity index (χ4n) is 3.15. The van der Waals surface area contributed by atoms with Crippen LogP contribution in [0.15, 0.2) is 42.5 Å².